The molecule has 6 nitrogen and oxygen atoms in total. The van der Waals surface area contributed by atoms with Gasteiger partial charge in [-0.15, -0.1) is 5.10 Å². The Hall–Kier alpha value is -2.94. The molecule has 0 bridgehead atoms. The maximum absolute atomic E-state index is 9.65. The first-order valence-corrected chi connectivity index (χ1v) is 6.03. The van der Waals surface area contributed by atoms with Gasteiger partial charge in [0.1, 0.15) is 17.4 Å². The van der Waals surface area contributed by atoms with Crippen molar-refractivity contribution in [1.82, 2.24) is 10.2 Å². The van der Waals surface area contributed by atoms with Crippen LogP contribution in [0, 0.1) is 18.3 Å². The summed E-state index contributed by atoms with van der Waals surface area (Å²) in [5.74, 6) is 0.148. The summed E-state index contributed by atoms with van der Waals surface area (Å²) >= 11 is 0. The van der Waals surface area contributed by atoms with E-state index in [1.54, 1.807) is 18.2 Å². The van der Waals surface area contributed by atoms with Gasteiger partial charge in [-0.25, -0.2) is 0 Å². The zero-order valence-electron chi connectivity index (χ0n) is 10.7. The Morgan fingerprint density at radius 3 is 3.00 bits per heavy atom. The number of nitrogens with zero attached hydrogens (tertiary/aromatic N) is 2. The van der Waals surface area contributed by atoms with E-state index in [9.17, 15) is 10.4 Å². The van der Waals surface area contributed by atoms with Crippen LogP contribution in [0.2, 0.25) is 0 Å². The Balaban J connectivity index is 2.25. The summed E-state index contributed by atoms with van der Waals surface area (Å²) in [5, 5.41) is 25.9. The zero-order valence-corrected chi connectivity index (χ0v) is 10.7. The quantitative estimate of drug-likeness (QED) is 0.728. The number of nitriles is 1. The highest BCUT2D eigenvalue weighted by molar-refractivity contribution is 5.55. The fraction of sp³-hybridized carbons (Fsp3) is 0.143. The number of aryl methyl sites for hydroxylation is 1. The van der Waals surface area contributed by atoms with Crippen LogP contribution in [0.4, 0.5) is 0 Å². The summed E-state index contributed by atoms with van der Waals surface area (Å²) in [5.41, 5.74) is 8.44. The van der Waals surface area contributed by atoms with Gasteiger partial charge in [-0.2, -0.15) is 5.26 Å². The number of fused-ring (bicyclic) bond motifs is 1. The average Bonchev–Trinajstić information content (AvgIpc) is 2.78. The summed E-state index contributed by atoms with van der Waals surface area (Å²) in [6.07, 6.45) is 0. The van der Waals surface area contributed by atoms with Crippen molar-refractivity contribution in [2.75, 3.05) is 0 Å². The molecule has 1 aliphatic rings. The number of aromatic nitrogens is 2. The lowest BCUT2D eigenvalue weighted by molar-refractivity contribution is 0.378. The molecule has 0 fully saturated rings. The molecule has 2 heterocycles. The summed E-state index contributed by atoms with van der Waals surface area (Å²) in [7, 11) is 0. The fourth-order valence-corrected chi connectivity index (χ4v) is 2.44. The van der Waals surface area contributed by atoms with Crippen molar-refractivity contribution in [3.05, 3.63) is 52.5 Å². The van der Waals surface area contributed by atoms with Crippen molar-refractivity contribution < 1.29 is 9.84 Å². The number of nitrogens with two attached hydrogens (primary N) is 1. The van der Waals surface area contributed by atoms with Gasteiger partial charge in [0, 0.05) is 11.3 Å². The number of allylic oxidation sites excluding steroid dienone is 1. The second-order valence-corrected chi connectivity index (χ2v) is 4.59. The summed E-state index contributed by atoms with van der Waals surface area (Å²) in [4.78, 5) is 0. The predicted molar refractivity (Wildman–Crippen MR) is 70.7 cm³/mol. The predicted octanol–water partition coefficient (Wildman–Crippen LogP) is 1.64. The molecule has 0 unspecified atom stereocenters. The van der Waals surface area contributed by atoms with Crippen LogP contribution in [0.1, 0.15) is 22.7 Å². The van der Waals surface area contributed by atoms with Crippen molar-refractivity contribution in [3.63, 3.8) is 0 Å². The van der Waals surface area contributed by atoms with E-state index >= 15 is 0 Å². The highest BCUT2D eigenvalue weighted by atomic mass is 16.5. The molecular weight excluding hydrogens is 256 g/mol. The smallest absolute Gasteiger partial charge is 0.244 e. The number of hydrogen-bond donors (Lipinski definition) is 3. The molecule has 0 saturated carbocycles. The Bertz CT molecular complexity index is 755. The van der Waals surface area contributed by atoms with Gasteiger partial charge in [0.15, 0.2) is 0 Å². The van der Waals surface area contributed by atoms with E-state index < -0.39 is 5.92 Å². The molecule has 1 atom stereocenters. The molecule has 6 heteroatoms. The topological polar surface area (TPSA) is 108 Å². The normalized spacial score (nSPS) is 17.3. The molecular formula is C14H12N4O2. The third-order valence-corrected chi connectivity index (χ3v) is 3.33. The molecule has 0 radical (unpaired) electrons. The minimum atomic E-state index is -0.394. The van der Waals surface area contributed by atoms with E-state index in [1.165, 1.54) is 0 Å². The standard InChI is InChI=1S/C14H12N4O2/c1-7-11-12(8-3-2-4-9(19)5-8)10(6-15)13(16)20-14(11)18-17-7/h2-5,12,19H,16H2,1H3,(H,17,18)/t12-/m0/s1. The van der Waals surface area contributed by atoms with Gasteiger partial charge in [-0.05, 0) is 24.6 Å². The van der Waals surface area contributed by atoms with Crippen LogP contribution in [0.25, 0.3) is 0 Å². The largest absolute Gasteiger partial charge is 0.508 e. The number of rotatable bonds is 1. The number of phenolic OH excluding ortho intramolecular Hbond substituents is 1. The molecule has 0 amide bonds. The first kappa shape index (κ1) is 12.1. The first-order valence-electron chi connectivity index (χ1n) is 6.03. The zero-order chi connectivity index (χ0) is 14.3. The van der Waals surface area contributed by atoms with E-state index in [0.717, 1.165) is 16.8 Å². The number of phenols is 1. The Labute approximate surface area is 115 Å². The molecule has 2 aromatic rings. The summed E-state index contributed by atoms with van der Waals surface area (Å²) in [6.45, 7) is 1.85. The van der Waals surface area contributed by atoms with Gasteiger partial charge < -0.3 is 15.6 Å². The number of aromatic amines is 1. The van der Waals surface area contributed by atoms with Crippen LogP contribution in [-0.2, 0) is 0 Å². The third-order valence-electron chi connectivity index (χ3n) is 3.33. The molecule has 1 aromatic carbocycles. The lowest BCUT2D eigenvalue weighted by Crippen LogP contribution is -2.21. The molecule has 0 saturated heterocycles. The number of nitrogens with one attached hydrogen (secondary N) is 1. The van der Waals surface area contributed by atoms with Gasteiger partial charge in [0.05, 0.1) is 5.92 Å². The Morgan fingerprint density at radius 1 is 1.50 bits per heavy atom. The number of ether oxygens (including phenoxy) is 1. The van der Waals surface area contributed by atoms with Crippen molar-refractivity contribution in [2.24, 2.45) is 5.73 Å². The van der Waals surface area contributed by atoms with Crippen LogP contribution in [-0.4, -0.2) is 15.3 Å². The van der Waals surface area contributed by atoms with E-state index in [1.807, 2.05) is 13.0 Å². The molecule has 3 rings (SSSR count). The van der Waals surface area contributed by atoms with Crippen LogP contribution >= 0.6 is 0 Å². The highest BCUT2D eigenvalue weighted by Crippen LogP contribution is 2.42. The van der Waals surface area contributed by atoms with E-state index in [0.29, 0.717) is 11.5 Å². The van der Waals surface area contributed by atoms with Crippen LogP contribution in [0.3, 0.4) is 0 Å². The minimum Gasteiger partial charge on any atom is -0.508 e. The second-order valence-electron chi connectivity index (χ2n) is 4.59. The van der Waals surface area contributed by atoms with Crippen molar-refractivity contribution in [3.8, 4) is 17.7 Å². The van der Waals surface area contributed by atoms with Gasteiger partial charge in [-0.1, -0.05) is 12.1 Å². The first-order chi connectivity index (χ1) is 9.61. The number of H-pyrrole nitrogens is 1. The number of hydrogen-bond acceptors (Lipinski definition) is 5. The average molecular weight is 268 g/mol. The van der Waals surface area contributed by atoms with E-state index in [2.05, 4.69) is 16.3 Å². The second kappa shape index (κ2) is 4.31. The van der Waals surface area contributed by atoms with Gasteiger partial charge in [0.25, 0.3) is 0 Å². The Kier molecular flexibility index (Phi) is 2.61. The van der Waals surface area contributed by atoms with E-state index in [4.69, 9.17) is 10.5 Å². The number of aromatic hydroxyl groups is 1. The Morgan fingerprint density at radius 2 is 2.30 bits per heavy atom. The minimum absolute atomic E-state index is 0.0415. The monoisotopic (exact) mass is 268 g/mol. The van der Waals surface area contributed by atoms with Crippen LogP contribution in [0.5, 0.6) is 11.6 Å². The molecule has 20 heavy (non-hydrogen) atoms. The summed E-state index contributed by atoms with van der Waals surface area (Å²) in [6, 6.07) is 8.82. The highest BCUT2D eigenvalue weighted by Gasteiger charge is 2.34. The maximum Gasteiger partial charge on any atom is 0.244 e. The molecule has 0 spiro atoms. The lowest BCUT2D eigenvalue weighted by atomic mass is 9.84. The molecule has 100 valence electrons. The fourth-order valence-electron chi connectivity index (χ4n) is 2.44. The summed E-state index contributed by atoms with van der Waals surface area (Å²) < 4.78 is 5.37. The molecule has 1 aromatic heterocycles. The van der Waals surface area contributed by atoms with Crippen molar-refractivity contribution in [1.29, 1.82) is 5.26 Å². The van der Waals surface area contributed by atoms with Gasteiger partial charge in [0.2, 0.25) is 11.8 Å². The van der Waals surface area contributed by atoms with Crippen LogP contribution in [0.15, 0.2) is 35.7 Å². The van der Waals surface area contributed by atoms with Crippen molar-refractivity contribution >= 4 is 0 Å². The molecule has 1 aliphatic heterocycles. The maximum atomic E-state index is 9.65. The van der Waals surface area contributed by atoms with Gasteiger partial charge in [-0.3, -0.25) is 5.10 Å². The van der Waals surface area contributed by atoms with Gasteiger partial charge >= 0.3 is 0 Å². The lowest BCUT2D eigenvalue weighted by Gasteiger charge is -2.23. The number of benzene rings is 1. The third kappa shape index (κ3) is 1.68. The van der Waals surface area contributed by atoms with Crippen LogP contribution < -0.4 is 10.5 Å². The molecule has 0 aliphatic carbocycles. The van der Waals surface area contributed by atoms with Crippen molar-refractivity contribution in [2.45, 2.75) is 12.8 Å². The molecule has 4 N–H and O–H groups in total. The van der Waals surface area contributed by atoms with E-state index in [-0.39, 0.29) is 11.6 Å². The SMILES string of the molecule is Cc1[nH]nc2c1[C@@H](c1cccc(O)c1)C(C#N)=C(N)O2.